The van der Waals surface area contributed by atoms with Crippen LogP contribution in [0.25, 0.3) is 22.3 Å². The number of rotatable bonds is 7. The molecule has 4 aromatic carbocycles. The summed E-state index contributed by atoms with van der Waals surface area (Å²) in [6.45, 7) is 1.22. The number of aromatic hydroxyl groups is 11. The van der Waals surface area contributed by atoms with Gasteiger partial charge in [0.25, 0.3) is 0 Å². The zero-order valence-electron chi connectivity index (χ0n) is 27.6. The van der Waals surface area contributed by atoms with E-state index in [-0.39, 0.29) is 5.56 Å². The first-order chi connectivity index (χ1) is 25.9. The fraction of sp³-hybridized carbons (Fsp3) is 0.171. The Hall–Kier alpha value is -7.45. The lowest BCUT2D eigenvalue weighted by atomic mass is 9.98. The molecule has 12 N–H and O–H groups in total. The van der Waals surface area contributed by atoms with Gasteiger partial charge in [0, 0.05) is 17.7 Å². The van der Waals surface area contributed by atoms with Crippen molar-refractivity contribution in [2.24, 2.45) is 0 Å². The molecule has 0 aliphatic carbocycles. The van der Waals surface area contributed by atoms with E-state index in [0.29, 0.717) is 24.3 Å². The summed E-state index contributed by atoms with van der Waals surface area (Å²) in [5, 5.41) is 121. The number of phenolic OH excluding ortho intramolecular Hbond substituents is 11. The molecule has 20 nitrogen and oxygen atoms in total. The van der Waals surface area contributed by atoms with E-state index in [1.54, 1.807) is 0 Å². The minimum absolute atomic E-state index is 0.368. The number of hydrogen-bond acceptors (Lipinski definition) is 20. The van der Waals surface area contributed by atoms with E-state index in [9.17, 15) is 75.7 Å². The molecule has 1 fully saturated rings. The number of ether oxygens (including phenoxy) is 4. The molecule has 0 saturated carbocycles. The van der Waals surface area contributed by atoms with Crippen LogP contribution < -0.4 is 10.2 Å². The molecular weight excluding hydrogens is 740 g/mol. The van der Waals surface area contributed by atoms with Gasteiger partial charge < -0.3 is 84.6 Å². The zero-order valence-corrected chi connectivity index (χ0v) is 27.6. The molecule has 288 valence electrons. The van der Waals surface area contributed by atoms with E-state index in [4.69, 9.17) is 23.4 Å². The number of aliphatic hydroxyl groups excluding tert-OH is 1. The molecule has 55 heavy (non-hydrogen) atoms. The van der Waals surface area contributed by atoms with Crippen LogP contribution in [0.2, 0.25) is 0 Å². The molecule has 2 unspecified atom stereocenters. The SMILES string of the molecule is CC1O[C@@H](Oc2c(-c3cc(O)c(O)c(O)c3)oc3cc(O)cc(O)c3c2=O)[C@@H](OC(=O)c2cc(O)c(O)c(O)c2)C(OC(=O)c2cc(O)c(O)c(O)c2)[C@H]1O. The Labute approximate surface area is 304 Å². The number of fused-ring (bicyclic) bond motifs is 1. The second-order valence-electron chi connectivity index (χ2n) is 12.1. The fourth-order valence-corrected chi connectivity index (χ4v) is 5.58. The van der Waals surface area contributed by atoms with E-state index in [1.807, 2.05) is 0 Å². The molecule has 1 saturated heterocycles. The summed E-state index contributed by atoms with van der Waals surface area (Å²) in [6, 6.07) is 6.02. The molecule has 0 amide bonds. The van der Waals surface area contributed by atoms with Crippen LogP contribution in [0.5, 0.6) is 69.0 Å². The van der Waals surface area contributed by atoms with Crippen LogP contribution in [-0.2, 0) is 14.2 Å². The minimum atomic E-state index is -2.17. The Morgan fingerprint density at radius 2 is 1.07 bits per heavy atom. The fourth-order valence-electron chi connectivity index (χ4n) is 5.58. The van der Waals surface area contributed by atoms with Gasteiger partial charge in [0.05, 0.1) is 17.2 Å². The quantitative estimate of drug-likeness (QED) is 0.0833. The minimum Gasteiger partial charge on any atom is -0.508 e. The molecule has 20 heteroatoms. The van der Waals surface area contributed by atoms with Crippen LogP contribution in [-0.4, -0.2) is 104 Å². The van der Waals surface area contributed by atoms with Crippen LogP contribution in [0, 0.1) is 0 Å². The Morgan fingerprint density at radius 3 is 1.56 bits per heavy atom. The van der Waals surface area contributed by atoms with E-state index in [2.05, 4.69) is 0 Å². The van der Waals surface area contributed by atoms with Gasteiger partial charge in [-0.2, -0.15) is 0 Å². The second-order valence-corrected chi connectivity index (χ2v) is 12.1. The standard InChI is InChI=1S/C35H28O20/c1-10-24(44)30(53-33(49)12-4-18(40)26(46)19(41)5-12)32(54-34(50)13-6-20(42)27(47)21(43)7-13)35(51-10)55-31-28(48)23-15(37)8-14(36)9-22(23)52-29(31)11-2-16(38)25(45)17(39)3-11/h2-10,24,30,32,35-47H,1H3/t10?,24-,30?,32-,35-/m0/s1. The third kappa shape index (κ3) is 6.80. The van der Waals surface area contributed by atoms with Crippen molar-refractivity contribution in [1.82, 2.24) is 0 Å². The molecule has 6 rings (SSSR count). The number of phenols is 11. The van der Waals surface area contributed by atoms with Crippen molar-refractivity contribution < 1.29 is 94.2 Å². The van der Waals surface area contributed by atoms with E-state index < -0.39 is 145 Å². The van der Waals surface area contributed by atoms with Crippen LogP contribution >= 0.6 is 0 Å². The van der Waals surface area contributed by atoms with Crippen molar-refractivity contribution in [1.29, 1.82) is 0 Å². The zero-order chi connectivity index (χ0) is 40.2. The maximum Gasteiger partial charge on any atom is 0.339 e. The summed E-state index contributed by atoms with van der Waals surface area (Å²) in [5.41, 5.74) is -3.29. The molecule has 0 spiro atoms. The lowest BCUT2D eigenvalue weighted by molar-refractivity contribution is -0.267. The van der Waals surface area contributed by atoms with Gasteiger partial charge in [0.15, 0.2) is 63.6 Å². The Morgan fingerprint density at radius 1 is 0.618 bits per heavy atom. The molecule has 5 aromatic rings. The number of esters is 2. The second kappa shape index (κ2) is 13.8. The number of carbonyl (C=O) groups is 2. The molecule has 1 aliphatic heterocycles. The number of hydrogen-bond donors (Lipinski definition) is 12. The Kier molecular flexibility index (Phi) is 9.39. The summed E-state index contributed by atoms with van der Waals surface area (Å²) in [5.74, 6) is -14.5. The molecule has 0 bridgehead atoms. The largest absolute Gasteiger partial charge is 0.508 e. The smallest absolute Gasteiger partial charge is 0.339 e. The predicted octanol–water partition coefficient (Wildman–Crippen LogP) is 2.16. The van der Waals surface area contributed by atoms with Gasteiger partial charge in [0.2, 0.25) is 23.6 Å². The van der Waals surface area contributed by atoms with Gasteiger partial charge in [-0.1, -0.05) is 0 Å². The maximum atomic E-state index is 14.1. The van der Waals surface area contributed by atoms with Crippen molar-refractivity contribution in [2.45, 2.75) is 37.6 Å². The maximum absolute atomic E-state index is 14.1. The van der Waals surface area contributed by atoms with Gasteiger partial charge in [-0.3, -0.25) is 4.79 Å². The third-order valence-corrected chi connectivity index (χ3v) is 8.34. The molecule has 1 aliphatic rings. The summed E-state index contributed by atoms with van der Waals surface area (Å²) in [4.78, 5) is 40.9. The van der Waals surface area contributed by atoms with E-state index >= 15 is 0 Å². The van der Waals surface area contributed by atoms with Crippen LogP contribution in [0.15, 0.2) is 57.7 Å². The summed E-state index contributed by atoms with van der Waals surface area (Å²) < 4.78 is 28.4. The first kappa shape index (κ1) is 37.3. The van der Waals surface area contributed by atoms with Gasteiger partial charge in [-0.05, 0) is 43.3 Å². The summed E-state index contributed by atoms with van der Waals surface area (Å²) >= 11 is 0. The van der Waals surface area contributed by atoms with E-state index in [0.717, 1.165) is 24.3 Å². The van der Waals surface area contributed by atoms with Crippen molar-refractivity contribution in [3.8, 4) is 80.3 Å². The summed E-state index contributed by atoms with van der Waals surface area (Å²) in [7, 11) is 0. The monoisotopic (exact) mass is 768 g/mol. The lowest BCUT2D eigenvalue weighted by Crippen LogP contribution is -2.61. The van der Waals surface area contributed by atoms with Crippen LogP contribution in [0.4, 0.5) is 0 Å². The molecule has 5 atom stereocenters. The van der Waals surface area contributed by atoms with E-state index in [1.165, 1.54) is 6.92 Å². The highest BCUT2D eigenvalue weighted by atomic mass is 16.7. The van der Waals surface area contributed by atoms with Crippen molar-refractivity contribution in [2.75, 3.05) is 0 Å². The van der Waals surface area contributed by atoms with Crippen molar-refractivity contribution in [3.05, 3.63) is 69.9 Å². The predicted molar refractivity (Wildman–Crippen MR) is 178 cm³/mol. The highest BCUT2D eigenvalue weighted by Crippen LogP contribution is 2.44. The van der Waals surface area contributed by atoms with Crippen molar-refractivity contribution >= 4 is 22.9 Å². The molecule has 0 radical (unpaired) electrons. The summed E-state index contributed by atoms with van der Waals surface area (Å²) in [6.07, 6.45) is -9.69. The average molecular weight is 769 g/mol. The third-order valence-electron chi connectivity index (χ3n) is 8.34. The highest BCUT2D eigenvalue weighted by Gasteiger charge is 2.50. The van der Waals surface area contributed by atoms with Crippen LogP contribution in [0.1, 0.15) is 27.6 Å². The topological polar surface area (TPSA) is 344 Å². The van der Waals surface area contributed by atoms with Crippen molar-refractivity contribution in [3.63, 3.8) is 0 Å². The molecule has 2 heterocycles. The average Bonchev–Trinajstić information content (AvgIpc) is 3.11. The number of benzene rings is 4. The van der Waals surface area contributed by atoms with Gasteiger partial charge in [-0.15, -0.1) is 0 Å². The lowest BCUT2D eigenvalue weighted by Gasteiger charge is -2.42. The molecule has 1 aromatic heterocycles. The van der Waals surface area contributed by atoms with Gasteiger partial charge in [-0.25, -0.2) is 9.59 Å². The van der Waals surface area contributed by atoms with Gasteiger partial charge in [0.1, 0.15) is 28.6 Å². The Balaban J connectivity index is 1.51. The normalized spacial score (nSPS) is 19.5. The Bertz CT molecular complexity index is 2370. The number of aliphatic hydroxyl groups is 1. The molecular formula is C35H28O20. The first-order valence-corrected chi connectivity index (χ1v) is 15.6. The van der Waals surface area contributed by atoms with Crippen LogP contribution in [0.3, 0.4) is 0 Å². The highest BCUT2D eigenvalue weighted by molar-refractivity contribution is 5.92. The first-order valence-electron chi connectivity index (χ1n) is 15.6. The number of carbonyl (C=O) groups excluding carboxylic acids is 2. The van der Waals surface area contributed by atoms with Gasteiger partial charge >= 0.3 is 11.9 Å².